The standard InChI is InChI=1S/C46H31N3O/c50-46-34-22-13-23-35(46)43(31-16-7-2-8-17-31)37-25-27-39(48-37)45(33-20-11-4-12-21-33)41-29-28-40(49-41)44(32-18-9-3-10-19-32)38-26-24-36(47-38)42(34)30-14-5-1-6-15-30/h1-29,49-50H/i/hD2. The number of phenols is 1. The highest BCUT2D eigenvalue weighted by molar-refractivity contribution is 6.31. The van der Waals surface area contributed by atoms with E-state index in [1.807, 2.05) is 127 Å². The van der Waals surface area contributed by atoms with Crippen molar-refractivity contribution in [1.29, 1.82) is 1.43 Å². The fourth-order valence-electron chi connectivity index (χ4n) is 7.01. The zero-order chi connectivity index (χ0) is 35.0. The number of aliphatic imine (C=N–C) groups is 2. The van der Waals surface area contributed by atoms with Gasteiger partial charge in [-0.1, -0.05) is 140 Å². The third kappa shape index (κ3) is 5.11. The Hall–Kier alpha value is -6.78. The van der Waals surface area contributed by atoms with Crippen LogP contribution in [0.1, 0.15) is 33.4 Å². The second-order valence-electron chi connectivity index (χ2n) is 12.3. The maximum Gasteiger partial charge on any atom is 0.293 e. The molecule has 3 aliphatic heterocycles. The average Bonchev–Trinajstić information content (AvgIpc) is 3.96. The molecule has 0 saturated heterocycles. The van der Waals surface area contributed by atoms with Gasteiger partial charge in [0.05, 0.1) is 22.8 Å². The summed E-state index contributed by atoms with van der Waals surface area (Å²) in [5, 5.41) is 7.06. The minimum absolute atomic E-state index is 0.406. The zero-order valence-electron chi connectivity index (χ0n) is 29.0. The number of benzene rings is 5. The molecule has 4 nitrogen and oxygen atoms in total. The summed E-state index contributed by atoms with van der Waals surface area (Å²) in [6, 6.07) is 50.4. The largest absolute Gasteiger partial charge is 0.507 e. The van der Waals surface area contributed by atoms with E-state index in [0.29, 0.717) is 16.4 Å². The van der Waals surface area contributed by atoms with Crippen molar-refractivity contribution >= 4 is 33.7 Å². The molecule has 1 aromatic heterocycles. The van der Waals surface area contributed by atoms with E-state index in [9.17, 15) is 1.41 Å². The van der Waals surface area contributed by atoms with Crippen molar-refractivity contribution in [3.05, 3.63) is 231 Å². The van der Waals surface area contributed by atoms with Crippen molar-refractivity contribution in [1.82, 2.24) is 4.98 Å². The highest BCUT2D eigenvalue weighted by Gasteiger charge is 2.25. The van der Waals surface area contributed by atoms with Crippen LogP contribution in [0.2, 0.25) is 1.41 Å². The third-order valence-electron chi connectivity index (χ3n) is 9.26. The first-order valence-corrected chi connectivity index (χ1v) is 16.7. The number of rotatable bonds is 5. The number of allylic oxidation sites excluding steroid dienone is 4. The molecule has 2 N–H and O–H groups in total. The topological polar surface area (TPSA) is 60.7 Å². The number of aromatic amines is 1. The third-order valence-corrected chi connectivity index (χ3v) is 9.26. The molecule has 0 spiro atoms. The van der Waals surface area contributed by atoms with Crippen LogP contribution in [0.4, 0.5) is 0 Å². The molecular weight excluding hydrogens is 611 g/mol. The Bertz CT molecular complexity index is 2500. The van der Waals surface area contributed by atoms with Crippen molar-refractivity contribution in [2.75, 3.05) is 0 Å². The van der Waals surface area contributed by atoms with Crippen LogP contribution >= 0.6 is 0 Å². The smallest absolute Gasteiger partial charge is 0.293 e. The van der Waals surface area contributed by atoms with Gasteiger partial charge in [-0.2, -0.15) is 0 Å². The van der Waals surface area contributed by atoms with Gasteiger partial charge in [0.1, 0.15) is 5.75 Å². The molecule has 0 saturated carbocycles. The molecule has 4 heteroatoms. The monoisotopic (exact) mass is 643 g/mol. The van der Waals surface area contributed by atoms with Gasteiger partial charge in [0, 0.05) is 44.1 Å². The van der Waals surface area contributed by atoms with Crippen LogP contribution < -0.4 is 10.7 Å². The van der Waals surface area contributed by atoms with E-state index in [-0.39, 0.29) is 0 Å². The Balaban J connectivity index is 1.49. The lowest BCUT2D eigenvalue weighted by Gasteiger charge is -2.18. The van der Waals surface area contributed by atoms with Gasteiger partial charge in [0.25, 0.3) is 1.43 Å². The minimum atomic E-state index is 0.406. The quantitative estimate of drug-likeness (QED) is 0.195. The highest BCUT2D eigenvalue weighted by atomic mass is 16.3. The summed E-state index contributed by atoms with van der Waals surface area (Å²) in [5.41, 5.74) is 11.5. The predicted octanol–water partition coefficient (Wildman–Crippen LogP) is 8.37. The molecular formula is C46H31N3O. The first kappa shape index (κ1) is 27.2. The van der Waals surface area contributed by atoms with Crippen molar-refractivity contribution in [3.63, 3.8) is 0 Å². The molecule has 0 radical (unpaired) electrons. The summed E-state index contributed by atoms with van der Waals surface area (Å²) in [7, 11) is 0. The van der Waals surface area contributed by atoms with E-state index in [0.717, 1.165) is 78.5 Å². The molecule has 0 amide bonds. The Labute approximate surface area is 293 Å². The fraction of sp³-hybridized carbons (Fsp3) is 0. The Morgan fingerprint density at radius 3 is 1.18 bits per heavy atom. The van der Waals surface area contributed by atoms with Gasteiger partial charge in [-0.05, 0) is 58.7 Å². The van der Waals surface area contributed by atoms with Crippen molar-refractivity contribution in [2.45, 2.75) is 0 Å². The normalized spacial score (nSPS) is 15.6. The molecule has 4 heterocycles. The molecule has 3 aliphatic rings. The zero-order valence-corrected chi connectivity index (χ0v) is 27.0. The number of H-pyrrole nitrogens is 1. The maximum atomic E-state index is 9.68. The first-order chi connectivity index (χ1) is 25.7. The molecule has 236 valence electrons. The van der Waals surface area contributed by atoms with Crippen molar-refractivity contribution in [3.8, 4) is 5.75 Å². The Kier molecular flexibility index (Phi) is 6.72. The van der Waals surface area contributed by atoms with E-state index in [1.165, 1.54) is 4.98 Å². The number of nitrogens with zero attached hydrogens (tertiary/aromatic N) is 2. The first-order valence-electron chi connectivity index (χ1n) is 17.5. The highest BCUT2D eigenvalue weighted by Crippen LogP contribution is 2.42. The van der Waals surface area contributed by atoms with Crippen LogP contribution in [0.15, 0.2) is 197 Å². The van der Waals surface area contributed by atoms with Crippen molar-refractivity contribution in [2.24, 2.45) is 9.98 Å². The number of aromatic hydroxyl groups is 1. The van der Waals surface area contributed by atoms with Crippen LogP contribution in [0.5, 0.6) is 5.75 Å². The molecule has 0 unspecified atom stereocenters. The SMILES string of the molecule is [2H]Oc1c2cccc1C(c1ccccc1)=C1C=CC(=N1)C(c1ccccc1)=c1ccc(n1[2H])=C(c1ccccc1)C1=NC(=C2c2ccccc2)C=C1. The number of para-hydroxylation sites is 1. The van der Waals surface area contributed by atoms with Crippen LogP contribution in [0, 0.1) is 0 Å². The predicted molar refractivity (Wildman–Crippen MR) is 204 cm³/mol. The summed E-state index contributed by atoms with van der Waals surface area (Å²) in [4.78, 5) is 12.1. The minimum Gasteiger partial charge on any atom is -0.507 e. The van der Waals surface area contributed by atoms with Crippen molar-refractivity contribution < 1.29 is 6.52 Å². The molecule has 0 fully saturated rings. The molecule has 0 atom stereocenters. The van der Waals surface area contributed by atoms with E-state index in [2.05, 4.69) is 48.5 Å². The van der Waals surface area contributed by atoms with Crippen LogP contribution in [-0.2, 0) is 0 Å². The number of phenolic OH excluding ortho intramolecular Hbond substituents is 1. The Morgan fingerprint density at radius 1 is 0.420 bits per heavy atom. The molecule has 8 bridgehead atoms. The number of hydrogen-bond acceptors (Lipinski definition) is 3. The van der Waals surface area contributed by atoms with Gasteiger partial charge in [0.2, 0.25) is 0 Å². The van der Waals surface area contributed by atoms with Gasteiger partial charge in [0.15, 0.2) is 1.41 Å². The number of aromatic nitrogens is 1. The number of nitrogens with one attached hydrogen (secondary N) is 1. The van der Waals surface area contributed by atoms with E-state index < -0.39 is 0 Å². The van der Waals surface area contributed by atoms with Crippen LogP contribution in [0.3, 0.4) is 0 Å². The van der Waals surface area contributed by atoms with Crippen LogP contribution in [0.25, 0.3) is 22.3 Å². The molecule has 6 aromatic rings. The molecule has 0 aliphatic carbocycles. The van der Waals surface area contributed by atoms with Gasteiger partial charge in [-0.3, -0.25) is 0 Å². The number of fused-ring (bicyclic) bond motifs is 6. The summed E-state index contributed by atoms with van der Waals surface area (Å²) in [6.45, 7) is 0. The number of hydrogen-bond donors (Lipinski definition) is 2. The second-order valence-corrected chi connectivity index (χ2v) is 12.3. The Morgan fingerprint density at radius 2 is 0.800 bits per heavy atom. The summed E-state index contributed by atoms with van der Waals surface area (Å²) in [5.74, 6) is 0.406. The lowest BCUT2D eigenvalue weighted by Crippen LogP contribution is -2.21. The van der Waals surface area contributed by atoms with Gasteiger partial charge in [-0.25, -0.2) is 9.98 Å². The summed E-state index contributed by atoms with van der Waals surface area (Å²) in [6.07, 6.45) is 8.07. The fourth-order valence-corrected chi connectivity index (χ4v) is 7.01. The summed E-state index contributed by atoms with van der Waals surface area (Å²) >= 11 is 0. The van der Waals surface area contributed by atoms with Gasteiger partial charge < -0.3 is 10.1 Å². The lowest BCUT2D eigenvalue weighted by molar-refractivity contribution is 0.472. The summed E-state index contributed by atoms with van der Waals surface area (Å²) < 4.78 is 18.2. The molecule has 9 rings (SSSR count). The van der Waals surface area contributed by atoms with Gasteiger partial charge >= 0.3 is 0 Å². The van der Waals surface area contributed by atoms with E-state index in [1.54, 1.807) is 0 Å². The van der Waals surface area contributed by atoms with Crippen LogP contribution in [-0.4, -0.2) is 22.9 Å². The lowest BCUT2D eigenvalue weighted by atomic mass is 9.89. The van der Waals surface area contributed by atoms with E-state index >= 15 is 0 Å². The van der Waals surface area contributed by atoms with E-state index in [4.69, 9.17) is 16.5 Å². The molecule has 50 heavy (non-hydrogen) atoms. The molecule has 5 aromatic carbocycles. The van der Waals surface area contributed by atoms with Gasteiger partial charge in [-0.15, -0.1) is 0 Å². The average molecular weight is 644 g/mol. The second kappa shape index (κ2) is 12.3. The maximum absolute atomic E-state index is 9.68.